The molecule has 5 heteroatoms. The van der Waals surface area contributed by atoms with Gasteiger partial charge in [0.2, 0.25) is 0 Å². The van der Waals surface area contributed by atoms with Gasteiger partial charge in [-0.15, -0.1) is 0 Å². The van der Waals surface area contributed by atoms with E-state index in [1.807, 2.05) is 45.1 Å². The number of nitrogens with one attached hydrogen (secondary N) is 2. The molecule has 0 bridgehead atoms. The number of carbonyl (C=O) groups excluding carboxylic acids is 1. The van der Waals surface area contributed by atoms with E-state index in [-0.39, 0.29) is 5.75 Å². The number of phenols is 1. The Labute approximate surface area is 126 Å². The molecule has 1 aromatic carbocycles. The van der Waals surface area contributed by atoms with Crippen LogP contribution in [0.25, 0.3) is 0 Å². The Kier molecular flexibility index (Phi) is 6.75. The van der Waals surface area contributed by atoms with E-state index in [0.29, 0.717) is 13.1 Å². The molecule has 0 aliphatic rings. The SMILES string of the molecule is CC(C)(C)OC(=O)NC/C=C/CNCc1ccc(O)cc1. The maximum atomic E-state index is 11.4. The van der Waals surface area contributed by atoms with Gasteiger partial charge in [0, 0.05) is 19.6 Å². The summed E-state index contributed by atoms with van der Waals surface area (Å²) in [7, 11) is 0. The monoisotopic (exact) mass is 292 g/mol. The van der Waals surface area contributed by atoms with Crippen molar-refractivity contribution in [3.8, 4) is 5.75 Å². The molecule has 1 aromatic rings. The van der Waals surface area contributed by atoms with Crippen molar-refractivity contribution in [3.05, 3.63) is 42.0 Å². The van der Waals surface area contributed by atoms with Gasteiger partial charge in [-0.25, -0.2) is 4.79 Å². The molecule has 5 nitrogen and oxygen atoms in total. The van der Waals surface area contributed by atoms with Gasteiger partial charge >= 0.3 is 6.09 Å². The normalized spacial score (nSPS) is 11.6. The lowest BCUT2D eigenvalue weighted by Crippen LogP contribution is -2.32. The average Bonchev–Trinajstić information content (AvgIpc) is 2.37. The van der Waals surface area contributed by atoms with Crippen molar-refractivity contribution >= 4 is 6.09 Å². The zero-order chi connectivity index (χ0) is 15.7. The van der Waals surface area contributed by atoms with Crippen LogP contribution < -0.4 is 10.6 Å². The summed E-state index contributed by atoms with van der Waals surface area (Å²) in [6.07, 6.45) is 3.40. The highest BCUT2D eigenvalue weighted by molar-refractivity contribution is 5.67. The molecule has 0 aromatic heterocycles. The summed E-state index contributed by atoms with van der Waals surface area (Å²) in [6.45, 7) is 7.36. The Morgan fingerprint density at radius 3 is 2.43 bits per heavy atom. The maximum absolute atomic E-state index is 11.4. The first-order valence-corrected chi connectivity index (χ1v) is 6.97. The predicted molar refractivity (Wildman–Crippen MR) is 83.2 cm³/mol. The summed E-state index contributed by atoms with van der Waals surface area (Å²) in [5.74, 6) is 0.270. The zero-order valence-corrected chi connectivity index (χ0v) is 12.8. The molecule has 0 atom stereocenters. The molecule has 0 radical (unpaired) electrons. The van der Waals surface area contributed by atoms with E-state index in [2.05, 4.69) is 10.6 Å². The Hall–Kier alpha value is -2.01. The number of aromatic hydroxyl groups is 1. The van der Waals surface area contributed by atoms with Crippen molar-refractivity contribution in [2.75, 3.05) is 13.1 Å². The Morgan fingerprint density at radius 1 is 1.19 bits per heavy atom. The predicted octanol–water partition coefficient (Wildman–Crippen LogP) is 2.56. The van der Waals surface area contributed by atoms with Crippen molar-refractivity contribution in [2.24, 2.45) is 0 Å². The molecule has 0 unspecified atom stereocenters. The minimum absolute atomic E-state index is 0.270. The van der Waals surface area contributed by atoms with Gasteiger partial charge in [0.15, 0.2) is 0 Å². The van der Waals surface area contributed by atoms with Crippen LogP contribution in [-0.2, 0) is 11.3 Å². The van der Waals surface area contributed by atoms with E-state index in [1.54, 1.807) is 12.1 Å². The topological polar surface area (TPSA) is 70.6 Å². The number of carbonyl (C=O) groups is 1. The van der Waals surface area contributed by atoms with Crippen LogP contribution in [0.1, 0.15) is 26.3 Å². The van der Waals surface area contributed by atoms with Gasteiger partial charge in [0.25, 0.3) is 0 Å². The molecule has 3 N–H and O–H groups in total. The van der Waals surface area contributed by atoms with Crippen LogP contribution in [0.15, 0.2) is 36.4 Å². The number of benzene rings is 1. The van der Waals surface area contributed by atoms with Crippen LogP contribution in [0.3, 0.4) is 0 Å². The highest BCUT2D eigenvalue weighted by Crippen LogP contribution is 2.09. The van der Waals surface area contributed by atoms with E-state index in [4.69, 9.17) is 9.84 Å². The molecule has 21 heavy (non-hydrogen) atoms. The van der Waals surface area contributed by atoms with Gasteiger partial charge in [-0.3, -0.25) is 0 Å². The third-order valence-electron chi connectivity index (χ3n) is 2.46. The van der Waals surface area contributed by atoms with Crippen LogP contribution in [-0.4, -0.2) is 29.9 Å². The molecular weight excluding hydrogens is 268 g/mol. The fourth-order valence-corrected chi connectivity index (χ4v) is 1.54. The fraction of sp³-hybridized carbons (Fsp3) is 0.438. The smallest absolute Gasteiger partial charge is 0.407 e. The summed E-state index contributed by atoms with van der Waals surface area (Å²) in [5.41, 5.74) is 0.632. The first-order valence-electron chi connectivity index (χ1n) is 6.97. The molecule has 0 fully saturated rings. The largest absolute Gasteiger partial charge is 0.508 e. The molecule has 1 rings (SSSR count). The van der Waals surface area contributed by atoms with Crippen molar-refractivity contribution in [2.45, 2.75) is 32.9 Å². The average molecular weight is 292 g/mol. The highest BCUT2D eigenvalue weighted by Gasteiger charge is 2.14. The first-order chi connectivity index (χ1) is 9.87. The number of hydrogen-bond acceptors (Lipinski definition) is 4. The van der Waals surface area contributed by atoms with E-state index in [1.165, 1.54) is 0 Å². The van der Waals surface area contributed by atoms with Gasteiger partial charge in [-0.2, -0.15) is 0 Å². The Bertz CT molecular complexity index is 461. The van der Waals surface area contributed by atoms with Gasteiger partial charge in [0.1, 0.15) is 11.4 Å². The van der Waals surface area contributed by atoms with E-state index in [9.17, 15) is 4.79 Å². The van der Waals surface area contributed by atoms with E-state index < -0.39 is 11.7 Å². The van der Waals surface area contributed by atoms with Crippen molar-refractivity contribution < 1.29 is 14.6 Å². The molecule has 0 saturated heterocycles. The molecule has 1 amide bonds. The van der Waals surface area contributed by atoms with Crippen molar-refractivity contribution in [1.82, 2.24) is 10.6 Å². The lowest BCUT2D eigenvalue weighted by atomic mass is 10.2. The van der Waals surface area contributed by atoms with Crippen molar-refractivity contribution in [1.29, 1.82) is 0 Å². The van der Waals surface area contributed by atoms with Crippen LogP contribution in [0.4, 0.5) is 4.79 Å². The molecule has 0 heterocycles. The van der Waals surface area contributed by atoms with Gasteiger partial charge < -0.3 is 20.5 Å². The van der Waals surface area contributed by atoms with Crippen LogP contribution in [0, 0.1) is 0 Å². The fourth-order valence-electron chi connectivity index (χ4n) is 1.54. The number of rotatable bonds is 6. The van der Waals surface area contributed by atoms with Crippen LogP contribution in [0.5, 0.6) is 5.75 Å². The summed E-state index contributed by atoms with van der Waals surface area (Å²) < 4.78 is 5.11. The number of ether oxygens (including phenoxy) is 1. The quantitative estimate of drug-likeness (QED) is 0.556. The Morgan fingerprint density at radius 2 is 1.81 bits per heavy atom. The second-order valence-corrected chi connectivity index (χ2v) is 5.65. The standard InChI is InChI=1S/C16H24N2O3/c1-16(2,3)21-15(20)18-11-5-4-10-17-12-13-6-8-14(19)9-7-13/h4-9,17,19H,10-12H2,1-3H3,(H,18,20)/b5-4+. The lowest BCUT2D eigenvalue weighted by Gasteiger charge is -2.19. The summed E-state index contributed by atoms with van der Waals surface area (Å²) >= 11 is 0. The minimum atomic E-state index is -0.473. The summed E-state index contributed by atoms with van der Waals surface area (Å²) in [4.78, 5) is 11.4. The third kappa shape index (κ3) is 8.70. The third-order valence-corrected chi connectivity index (χ3v) is 2.46. The maximum Gasteiger partial charge on any atom is 0.407 e. The lowest BCUT2D eigenvalue weighted by molar-refractivity contribution is 0.0534. The number of hydrogen-bond donors (Lipinski definition) is 3. The second-order valence-electron chi connectivity index (χ2n) is 5.65. The summed E-state index contributed by atoms with van der Waals surface area (Å²) in [6, 6.07) is 7.07. The van der Waals surface area contributed by atoms with Gasteiger partial charge in [0.05, 0.1) is 0 Å². The van der Waals surface area contributed by atoms with E-state index in [0.717, 1.165) is 12.1 Å². The molecule has 0 saturated carbocycles. The van der Waals surface area contributed by atoms with Crippen LogP contribution in [0.2, 0.25) is 0 Å². The molecule has 0 spiro atoms. The number of amides is 1. The zero-order valence-electron chi connectivity index (χ0n) is 12.8. The second kappa shape index (κ2) is 8.32. The molecular formula is C16H24N2O3. The first kappa shape index (κ1) is 17.0. The molecule has 0 aliphatic carbocycles. The number of phenolic OH excluding ortho intramolecular Hbond substituents is 1. The molecule has 116 valence electrons. The van der Waals surface area contributed by atoms with Crippen molar-refractivity contribution in [3.63, 3.8) is 0 Å². The van der Waals surface area contributed by atoms with Crippen LogP contribution >= 0.6 is 0 Å². The highest BCUT2D eigenvalue weighted by atomic mass is 16.6. The summed E-state index contributed by atoms with van der Waals surface area (Å²) in [5, 5.41) is 15.1. The van der Waals surface area contributed by atoms with Gasteiger partial charge in [-0.1, -0.05) is 24.3 Å². The van der Waals surface area contributed by atoms with Gasteiger partial charge in [-0.05, 0) is 38.5 Å². The minimum Gasteiger partial charge on any atom is -0.508 e. The number of alkyl carbamates (subject to hydrolysis) is 1. The molecule has 0 aliphatic heterocycles. The Balaban J connectivity index is 2.10. The van der Waals surface area contributed by atoms with E-state index >= 15 is 0 Å².